The minimum atomic E-state index is -5.68. The number of anilines is 3. The number of nitrogen functional groups attached to an aromatic ring is 1. The van der Waals surface area contributed by atoms with Crippen molar-refractivity contribution in [3.8, 4) is 11.5 Å². The van der Waals surface area contributed by atoms with Crippen molar-refractivity contribution >= 4 is 23.4 Å². The van der Waals surface area contributed by atoms with Crippen molar-refractivity contribution in [1.29, 1.82) is 0 Å². The highest BCUT2D eigenvalue weighted by Gasteiger charge is 2.56. The zero-order chi connectivity index (χ0) is 25.9. The van der Waals surface area contributed by atoms with Crippen molar-refractivity contribution in [3.05, 3.63) is 17.0 Å². The summed E-state index contributed by atoms with van der Waals surface area (Å²) in [5, 5.41) is 7.44. The van der Waals surface area contributed by atoms with E-state index in [4.69, 9.17) is 5.73 Å². The molecule has 4 rings (SSSR count). The summed E-state index contributed by atoms with van der Waals surface area (Å²) in [6.45, 7) is 5.65. The lowest BCUT2D eigenvalue weighted by atomic mass is 9.94. The summed E-state index contributed by atoms with van der Waals surface area (Å²) >= 11 is 0. The number of aromatic nitrogens is 4. The van der Waals surface area contributed by atoms with Gasteiger partial charge in [0.05, 0.1) is 5.56 Å². The summed E-state index contributed by atoms with van der Waals surface area (Å²) in [7, 11) is 1.68. The van der Waals surface area contributed by atoms with Crippen LogP contribution in [0.25, 0.3) is 11.5 Å². The number of nitrogens with zero attached hydrogens (tertiary/aromatic N) is 5. The molecule has 4 heterocycles. The van der Waals surface area contributed by atoms with Crippen LogP contribution in [0.1, 0.15) is 44.1 Å². The van der Waals surface area contributed by atoms with E-state index in [1.54, 1.807) is 19.0 Å². The molecule has 0 fully saturated rings. The first kappa shape index (κ1) is 24.9. The fourth-order valence-electron chi connectivity index (χ4n) is 4.17. The first-order valence-corrected chi connectivity index (χ1v) is 10.7. The molecule has 1 atom stereocenters. The molecular formula is C20H24F5N9O. The van der Waals surface area contributed by atoms with Crippen molar-refractivity contribution < 1.29 is 26.7 Å². The summed E-state index contributed by atoms with van der Waals surface area (Å²) in [6.07, 6.45) is -7.95. The van der Waals surface area contributed by atoms with Crippen molar-refractivity contribution in [2.45, 2.75) is 63.8 Å². The van der Waals surface area contributed by atoms with Gasteiger partial charge in [-0.25, -0.2) is 24.9 Å². The molecule has 2 aromatic rings. The van der Waals surface area contributed by atoms with Crippen LogP contribution in [0.2, 0.25) is 0 Å². The third-order valence-corrected chi connectivity index (χ3v) is 5.73. The molecule has 35 heavy (non-hydrogen) atoms. The molecular weight excluding hydrogens is 477 g/mol. The molecule has 5 N–H and O–H groups in total. The van der Waals surface area contributed by atoms with Crippen LogP contribution < -0.4 is 21.8 Å². The van der Waals surface area contributed by atoms with Crippen LogP contribution in [0.5, 0.6) is 0 Å². The van der Waals surface area contributed by atoms with Gasteiger partial charge >= 0.3 is 12.1 Å². The molecule has 0 radical (unpaired) electrons. The average molecular weight is 501 g/mol. The molecule has 0 saturated heterocycles. The van der Waals surface area contributed by atoms with Crippen LogP contribution in [-0.2, 0) is 23.3 Å². The number of carbonyl (C=O) groups excluding carboxylic acids is 1. The molecule has 0 aromatic carbocycles. The highest BCUT2D eigenvalue weighted by Crippen LogP contribution is 2.41. The maximum Gasteiger partial charge on any atom is 0.453 e. The highest BCUT2D eigenvalue weighted by atomic mass is 19.4. The second-order valence-electron chi connectivity index (χ2n) is 9.02. The van der Waals surface area contributed by atoms with Crippen LogP contribution in [0, 0.1) is 0 Å². The Morgan fingerprint density at radius 1 is 1.14 bits per heavy atom. The number of fused-ring (bicyclic) bond motifs is 2. The quantitative estimate of drug-likeness (QED) is 0.441. The number of hydrogen-bond donors (Lipinski definition) is 4. The summed E-state index contributed by atoms with van der Waals surface area (Å²) in [4.78, 5) is 29.8. The first-order chi connectivity index (χ1) is 16.1. The van der Waals surface area contributed by atoms with Gasteiger partial charge in [0.15, 0.2) is 5.82 Å². The van der Waals surface area contributed by atoms with Crippen molar-refractivity contribution in [2.75, 3.05) is 23.5 Å². The third kappa shape index (κ3) is 4.33. The normalized spacial score (nSPS) is 20.1. The maximum atomic E-state index is 13.5. The standard InChI is InChI=1S/C20H24F5N9O/c1-8(2)32-18(3)11-13(26)29-16(30-15(11)31-17(18)35)12-9-7-34(4)33-14(9)28-10(27-12)5-6-19(21,22)20(23,24)25/h8,32H,5-7H2,1-4H3,(H,27,28,33)(H3,26,29,30,31,35). The van der Waals surface area contributed by atoms with Crippen LogP contribution in [-0.4, -0.2) is 56.0 Å². The van der Waals surface area contributed by atoms with E-state index in [1.165, 1.54) is 0 Å². The fourth-order valence-corrected chi connectivity index (χ4v) is 4.17. The number of amides is 1. The Morgan fingerprint density at radius 2 is 1.83 bits per heavy atom. The minimum absolute atomic E-state index is 0.00386. The topological polar surface area (TPSA) is 134 Å². The number of halogens is 5. The van der Waals surface area contributed by atoms with Crippen LogP contribution >= 0.6 is 0 Å². The van der Waals surface area contributed by atoms with Gasteiger partial charge in [0.25, 0.3) is 0 Å². The maximum absolute atomic E-state index is 13.5. The Labute approximate surface area is 196 Å². The van der Waals surface area contributed by atoms with Gasteiger partial charge in [0.2, 0.25) is 5.91 Å². The second kappa shape index (κ2) is 8.19. The number of rotatable bonds is 6. The van der Waals surface area contributed by atoms with E-state index in [0.29, 0.717) is 11.1 Å². The first-order valence-electron chi connectivity index (χ1n) is 10.7. The molecule has 1 unspecified atom stereocenters. The number of nitrogens with one attached hydrogen (secondary N) is 3. The van der Waals surface area contributed by atoms with Gasteiger partial charge in [0, 0.05) is 38.0 Å². The molecule has 0 bridgehead atoms. The minimum Gasteiger partial charge on any atom is -0.383 e. The van der Waals surface area contributed by atoms with Crippen molar-refractivity contribution in [2.24, 2.45) is 0 Å². The van der Waals surface area contributed by atoms with E-state index in [-0.39, 0.29) is 53.3 Å². The average Bonchev–Trinajstić information content (AvgIpc) is 3.20. The van der Waals surface area contributed by atoms with Crippen molar-refractivity contribution in [3.63, 3.8) is 0 Å². The van der Waals surface area contributed by atoms with E-state index in [2.05, 4.69) is 36.0 Å². The largest absolute Gasteiger partial charge is 0.453 e. The Balaban J connectivity index is 1.76. The zero-order valence-corrected chi connectivity index (χ0v) is 19.3. The van der Waals surface area contributed by atoms with Gasteiger partial charge in [-0.2, -0.15) is 22.0 Å². The van der Waals surface area contributed by atoms with Crippen LogP contribution in [0.15, 0.2) is 0 Å². The molecule has 1 amide bonds. The number of nitrogens with two attached hydrogens (primary N) is 1. The molecule has 2 aliphatic heterocycles. The van der Waals surface area contributed by atoms with Gasteiger partial charge in [-0.15, -0.1) is 0 Å². The predicted octanol–water partition coefficient (Wildman–Crippen LogP) is 2.58. The van der Waals surface area contributed by atoms with E-state index >= 15 is 0 Å². The lowest BCUT2D eigenvalue weighted by molar-refractivity contribution is -0.284. The molecule has 0 spiro atoms. The predicted molar refractivity (Wildman–Crippen MR) is 116 cm³/mol. The van der Waals surface area contributed by atoms with Gasteiger partial charge in [-0.3, -0.25) is 10.1 Å². The molecule has 2 aliphatic rings. The molecule has 0 saturated carbocycles. The van der Waals surface area contributed by atoms with Gasteiger partial charge in [0.1, 0.15) is 34.5 Å². The van der Waals surface area contributed by atoms with E-state index in [9.17, 15) is 26.7 Å². The Kier molecular flexibility index (Phi) is 5.83. The molecule has 10 nitrogen and oxygen atoms in total. The molecule has 2 aromatic heterocycles. The number of hydrogen-bond acceptors (Lipinski definition) is 9. The van der Waals surface area contributed by atoms with Gasteiger partial charge < -0.3 is 16.5 Å². The molecule has 0 aliphatic carbocycles. The van der Waals surface area contributed by atoms with Gasteiger partial charge in [-0.05, 0) is 20.8 Å². The summed E-state index contributed by atoms with van der Waals surface area (Å²) in [6, 6.07) is -0.0695. The van der Waals surface area contributed by atoms with E-state index in [1.807, 2.05) is 13.8 Å². The van der Waals surface area contributed by atoms with Gasteiger partial charge in [-0.1, -0.05) is 0 Å². The fraction of sp³-hybridized carbons (Fsp3) is 0.550. The zero-order valence-electron chi connectivity index (χ0n) is 19.3. The summed E-state index contributed by atoms with van der Waals surface area (Å²) < 4.78 is 64.8. The lowest BCUT2D eigenvalue weighted by Gasteiger charge is -2.26. The third-order valence-electron chi connectivity index (χ3n) is 5.73. The Hall–Kier alpha value is -3.20. The summed E-state index contributed by atoms with van der Waals surface area (Å²) in [5.74, 6) is -5.16. The van der Waals surface area contributed by atoms with Crippen LogP contribution in [0.4, 0.5) is 39.4 Å². The Bertz CT molecular complexity index is 1190. The molecule has 15 heteroatoms. The Morgan fingerprint density at radius 3 is 2.46 bits per heavy atom. The van der Waals surface area contributed by atoms with Crippen LogP contribution in [0.3, 0.4) is 0 Å². The number of alkyl halides is 5. The molecule has 190 valence electrons. The number of carbonyl (C=O) groups is 1. The van der Waals surface area contributed by atoms with Crippen molar-refractivity contribution in [1.82, 2.24) is 30.3 Å². The SMILES string of the molecule is CC(C)NC1(C)C(=O)Nc2nc(-c3nc(CCC(F)(F)C(F)(F)F)nc4c3CN(C)N4)nc(N)c21. The lowest BCUT2D eigenvalue weighted by Crippen LogP contribution is -2.48. The smallest absolute Gasteiger partial charge is 0.383 e. The number of hydrazine groups is 1. The number of aryl methyl sites for hydroxylation is 1. The summed E-state index contributed by atoms with van der Waals surface area (Å²) in [5.41, 5.74) is 8.90. The highest BCUT2D eigenvalue weighted by molar-refractivity contribution is 6.06. The van der Waals surface area contributed by atoms with E-state index < -0.39 is 30.5 Å². The van der Waals surface area contributed by atoms with E-state index in [0.717, 1.165) is 0 Å². The second-order valence-corrected chi connectivity index (χ2v) is 9.02. The monoisotopic (exact) mass is 501 g/mol.